The predicted molar refractivity (Wildman–Crippen MR) is 49.9 cm³/mol. The van der Waals surface area contributed by atoms with Crippen LogP contribution in [0, 0.1) is 5.82 Å². The molecule has 70 valence electrons. The number of methoxy groups -OCH3 is 1. The van der Waals surface area contributed by atoms with Gasteiger partial charge in [0.15, 0.2) is 11.6 Å². The van der Waals surface area contributed by atoms with Gasteiger partial charge in [0.2, 0.25) is 0 Å². The van der Waals surface area contributed by atoms with Crippen molar-refractivity contribution in [3.63, 3.8) is 0 Å². The van der Waals surface area contributed by atoms with Crippen molar-refractivity contribution in [2.45, 2.75) is 6.92 Å². The van der Waals surface area contributed by atoms with Gasteiger partial charge in [0.1, 0.15) is 5.69 Å². The molecule has 0 atom stereocenters. The lowest BCUT2D eigenvalue weighted by Crippen LogP contribution is -2.04. The lowest BCUT2D eigenvalue weighted by atomic mass is 10.3. The molecule has 0 amide bonds. The quantitative estimate of drug-likeness (QED) is 0.560. The van der Waals surface area contributed by atoms with Crippen molar-refractivity contribution in [1.82, 2.24) is 0 Å². The molecule has 1 aromatic carbocycles. The minimum atomic E-state index is -0.491. The molecular weight excluding hydrogens is 171 g/mol. The molecule has 0 unspecified atom stereocenters. The van der Waals surface area contributed by atoms with Crippen molar-refractivity contribution >= 4 is 11.5 Å². The van der Waals surface area contributed by atoms with Crippen LogP contribution in [0.4, 0.5) is 10.1 Å². The molecule has 0 saturated heterocycles. The van der Waals surface area contributed by atoms with Gasteiger partial charge >= 0.3 is 0 Å². The Kier molecular flexibility index (Phi) is 2.84. The second kappa shape index (κ2) is 3.89. The molecule has 0 fully saturated rings. The van der Waals surface area contributed by atoms with E-state index in [0.29, 0.717) is 5.84 Å². The number of hydrogen-bond acceptors (Lipinski definition) is 2. The third kappa shape index (κ3) is 2.18. The summed E-state index contributed by atoms with van der Waals surface area (Å²) in [4.78, 5) is 3.81. The molecule has 0 aliphatic rings. The van der Waals surface area contributed by atoms with Crippen LogP contribution in [0.5, 0.6) is 5.75 Å². The first-order valence-electron chi connectivity index (χ1n) is 3.78. The average molecular weight is 182 g/mol. The molecule has 0 radical (unpaired) electrons. The van der Waals surface area contributed by atoms with Gasteiger partial charge in [-0.2, -0.15) is 0 Å². The molecule has 0 aliphatic heterocycles. The third-order valence-electron chi connectivity index (χ3n) is 1.46. The summed E-state index contributed by atoms with van der Waals surface area (Å²) in [5, 5.41) is 0. The maximum atomic E-state index is 13.3. The summed E-state index contributed by atoms with van der Waals surface area (Å²) in [6.45, 7) is 1.60. The Bertz CT molecular complexity index is 332. The van der Waals surface area contributed by atoms with Crippen molar-refractivity contribution in [2.24, 2.45) is 10.7 Å². The Labute approximate surface area is 76.0 Å². The van der Waals surface area contributed by atoms with Crippen LogP contribution in [0.1, 0.15) is 6.92 Å². The number of ether oxygens (including phenoxy) is 1. The first-order valence-corrected chi connectivity index (χ1v) is 3.78. The average Bonchev–Trinajstić information content (AvgIpc) is 2.08. The van der Waals surface area contributed by atoms with Crippen LogP contribution < -0.4 is 10.5 Å². The van der Waals surface area contributed by atoms with Crippen LogP contribution in [0.15, 0.2) is 23.2 Å². The number of aliphatic imine (C=N–C) groups is 1. The van der Waals surface area contributed by atoms with E-state index in [9.17, 15) is 4.39 Å². The largest absolute Gasteiger partial charge is 0.494 e. The molecule has 0 heterocycles. The molecule has 0 aliphatic carbocycles. The smallest absolute Gasteiger partial charge is 0.190 e. The van der Waals surface area contributed by atoms with Gasteiger partial charge in [0.05, 0.1) is 12.9 Å². The zero-order chi connectivity index (χ0) is 9.84. The van der Waals surface area contributed by atoms with E-state index in [2.05, 4.69) is 4.99 Å². The van der Waals surface area contributed by atoms with Gasteiger partial charge in [-0.15, -0.1) is 0 Å². The standard InChI is InChI=1S/C9H11FN2O/c1-6(11)12-7-4-3-5-8(13-2)9(7)10/h3-5H,1-2H3,(H2,11,12). The zero-order valence-corrected chi connectivity index (χ0v) is 7.54. The van der Waals surface area contributed by atoms with Crippen molar-refractivity contribution in [1.29, 1.82) is 0 Å². The number of rotatable bonds is 2. The highest BCUT2D eigenvalue weighted by Gasteiger charge is 2.06. The predicted octanol–water partition coefficient (Wildman–Crippen LogP) is 1.84. The molecular formula is C9H11FN2O. The van der Waals surface area contributed by atoms with Crippen molar-refractivity contribution in [3.8, 4) is 5.75 Å². The molecule has 1 aromatic rings. The Morgan fingerprint density at radius 1 is 1.54 bits per heavy atom. The minimum absolute atomic E-state index is 0.169. The maximum Gasteiger partial charge on any atom is 0.190 e. The van der Waals surface area contributed by atoms with Crippen molar-refractivity contribution < 1.29 is 9.13 Å². The van der Waals surface area contributed by atoms with Crippen molar-refractivity contribution in [3.05, 3.63) is 24.0 Å². The van der Waals surface area contributed by atoms with Gasteiger partial charge in [0.25, 0.3) is 0 Å². The normalized spacial score (nSPS) is 11.5. The molecule has 4 heteroatoms. The third-order valence-corrected chi connectivity index (χ3v) is 1.46. The number of hydrogen-bond donors (Lipinski definition) is 1. The van der Waals surface area contributed by atoms with Gasteiger partial charge in [-0.3, -0.25) is 0 Å². The highest BCUT2D eigenvalue weighted by atomic mass is 19.1. The fourth-order valence-electron chi connectivity index (χ4n) is 0.933. The Morgan fingerprint density at radius 2 is 2.23 bits per heavy atom. The molecule has 0 bridgehead atoms. The monoisotopic (exact) mass is 182 g/mol. The fraction of sp³-hybridized carbons (Fsp3) is 0.222. The fourth-order valence-corrected chi connectivity index (χ4v) is 0.933. The number of halogens is 1. The molecule has 2 N–H and O–H groups in total. The number of benzene rings is 1. The van der Waals surface area contributed by atoms with E-state index < -0.39 is 5.82 Å². The van der Waals surface area contributed by atoms with Gasteiger partial charge < -0.3 is 10.5 Å². The summed E-state index contributed by atoms with van der Waals surface area (Å²) in [5.74, 6) is -0.00977. The minimum Gasteiger partial charge on any atom is -0.494 e. The SMILES string of the molecule is COc1cccc(N=C(C)N)c1F. The number of nitrogens with two attached hydrogens (primary N) is 1. The summed E-state index contributed by atoms with van der Waals surface area (Å²) in [5.41, 5.74) is 5.52. The lowest BCUT2D eigenvalue weighted by molar-refractivity contribution is 0.387. The molecule has 0 spiro atoms. The first kappa shape index (κ1) is 9.51. The molecule has 3 nitrogen and oxygen atoms in total. The van der Waals surface area contributed by atoms with E-state index >= 15 is 0 Å². The van der Waals surface area contributed by atoms with Crippen LogP contribution in [0.2, 0.25) is 0 Å². The highest BCUT2D eigenvalue weighted by molar-refractivity contribution is 5.80. The lowest BCUT2D eigenvalue weighted by Gasteiger charge is -2.03. The molecule has 0 aromatic heterocycles. The Balaban J connectivity index is 3.16. The second-order valence-electron chi connectivity index (χ2n) is 2.55. The summed E-state index contributed by atoms with van der Waals surface area (Å²) in [6, 6.07) is 4.72. The maximum absolute atomic E-state index is 13.3. The van der Waals surface area contributed by atoms with Gasteiger partial charge in [-0.1, -0.05) is 6.07 Å². The summed E-state index contributed by atoms with van der Waals surface area (Å²) in [7, 11) is 1.40. The number of nitrogens with zero attached hydrogens (tertiary/aromatic N) is 1. The highest BCUT2D eigenvalue weighted by Crippen LogP contribution is 2.25. The van der Waals surface area contributed by atoms with Gasteiger partial charge in [-0.25, -0.2) is 9.38 Å². The second-order valence-corrected chi connectivity index (χ2v) is 2.55. The van der Waals surface area contributed by atoms with E-state index in [1.54, 1.807) is 13.0 Å². The van der Waals surface area contributed by atoms with Crippen LogP contribution in [0.25, 0.3) is 0 Å². The summed E-state index contributed by atoms with van der Waals surface area (Å²) in [6.07, 6.45) is 0. The Morgan fingerprint density at radius 3 is 2.77 bits per heavy atom. The summed E-state index contributed by atoms with van der Waals surface area (Å²) < 4.78 is 18.1. The molecule has 13 heavy (non-hydrogen) atoms. The van der Waals surface area contributed by atoms with Crippen LogP contribution in [-0.4, -0.2) is 12.9 Å². The van der Waals surface area contributed by atoms with E-state index in [4.69, 9.17) is 10.5 Å². The van der Waals surface area contributed by atoms with Crippen LogP contribution in [0.3, 0.4) is 0 Å². The van der Waals surface area contributed by atoms with Gasteiger partial charge in [-0.05, 0) is 19.1 Å². The van der Waals surface area contributed by atoms with E-state index in [1.807, 2.05) is 0 Å². The van der Waals surface area contributed by atoms with E-state index in [0.717, 1.165) is 0 Å². The van der Waals surface area contributed by atoms with Crippen molar-refractivity contribution in [2.75, 3.05) is 7.11 Å². The van der Waals surface area contributed by atoms with E-state index in [-0.39, 0.29) is 11.4 Å². The first-order chi connectivity index (χ1) is 6.15. The van der Waals surface area contributed by atoms with Crippen LogP contribution >= 0.6 is 0 Å². The molecule has 1 rings (SSSR count). The Hall–Kier alpha value is -1.58. The van der Waals surface area contributed by atoms with Crippen LogP contribution in [-0.2, 0) is 0 Å². The topological polar surface area (TPSA) is 47.6 Å². The number of amidine groups is 1. The zero-order valence-electron chi connectivity index (χ0n) is 7.54. The van der Waals surface area contributed by atoms with E-state index in [1.165, 1.54) is 19.2 Å². The summed E-state index contributed by atoms with van der Waals surface area (Å²) >= 11 is 0. The molecule has 0 saturated carbocycles. The van der Waals surface area contributed by atoms with Gasteiger partial charge in [0, 0.05) is 0 Å².